The van der Waals surface area contributed by atoms with Crippen LogP contribution in [0, 0.1) is 0 Å². The highest BCUT2D eigenvalue weighted by Gasteiger charge is 2.39. The molecule has 0 spiro atoms. The van der Waals surface area contributed by atoms with E-state index in [1.165, 1.54) is 25.8 Å². The van der Waals surface area contributed by atoms with Gasteiger partial charge in [0.25, 0.3) is 0 Å². The zero-order chi connectivity index (χ0) is 11.2. The molecule has 0 amide bonds. The maximum Gasteiger partial charge on any atom is 0.0144 e. The van der Waals surface area contributed by atoms with Gasteiger partial charge in [-0.25, -0.2) is 0 Å². The van der Waals surface area contributed by atoms with Gasteiger partial charge in [-0.15, -0.1) is 0 Å². The Bertz CT molecular complexity index is 394. The third kappa shape index (κ3) is 1.49. The van der Waals surface area contributed by atoms with Gasteiger partial charge in [0.2, 0.25) is 0 Å². The number of hydrogen-bond donors (Lipinski definition) is 1. The fourth-order valence-electron chi connectivity index (χ4n) is 3.64. The Morgan fingerprint density at radius 3 is 2.94 bits per heavy atom. The highest BCUT2D eigenvalue weighted by atomic mass is 14.9. The smallest absolute Gasteiger partial charge is 0.0144 e. The number of hydrogen-bond acceptors (Lipinski definition) is 1. The maximum atomic E-state index is 3.72. The molecule has 2 aliphatic rings. The molecule has 1 fully saturated rings. The Morgan fingerprint density at radius 2 is 2.06 bits per heavy atom. The van der Waals surface area contributed by atoms with E-state index in [0.29, 0.717) is 11.5 Å². The van der Waals surface area contributed by atoms with Crippen molar-refractivity contribution in [2.24, 2.45) is 0 Å². The van der Waals surface area contributed by atoms with Crippen molar-refractivity contribution in [2.45, 2.75) is 50.5 Å². The summed E-state index contributed by atoms with van der Waals surface area (Å²) in [5.41, 5.74) is 3.53. The molecular formula is C15H21N. The Labute approximate surface area is 98.3 Å². The highest BCUT2D eigenvalue weighted by Crippen LogP contribution is 2.45. The molecule has 0 aromatic heterocycles. The molecule has 3 rings (SSSR count). The van der Waals surface area contributed by atoms with Crippen molar-refractivity contribution in [2.75, 3.05) is 6.54 Å². The topological polar surface area (TPSA) is 12.0 Å². The lowest BCUT2D eigenvalue weighted by Crippen LogP contribution is -2.47. The van der Waals surface area contributed by atoms with Crippen LogP contribution in [0.5, 0.6) is 0 Å². The van der Waals surface area contributed by atoms with Crippen molar-refractivity contribution in [3.8, 4) is 0 Å². The van der Waals surface area contributed by atoms with Crippen LogP contribution in [0.3, 0.4) is 0 Å². The monoisotopic (exact) mass is 215 g/mol. The second-order valence-corrected chi connectivity index (χ2v) is 5.98. The molecule has 1 saturated heterocycles. The van der Waals surface area contributed by atoms with E-state index < -0.39 is 0 Å². The number of benzene rings is 1. The van der Waals surface area contributed by atoms with E-state index in [0.717, 1.165) is 5.92 Å². The van der Waals surface area contributed by atoms with E-state index in [9.17, 15) is 0 Å². The Morgan fingerprint density at radius 1 is 1.25 bits per heavy atom. The molecule has 1 heteroatoms. The molecule has 1 aromatic carbocycles. The van der Waals surface area contributed by atoms with Crippen LogP contribution in [-0.2, 0) is 5.41 Å². The number of fused-ring (bicyclic) bond motifs is 3. The minimum absolute atomic E-state index is 0.335. The molecule has 0 saturated carbocycles. The van der Waals surface area contributed by atoms with Crippen molar-refractivity contribution in [3.63, 3.8) is 0 Å². The fourth-order valence-corrected chi connectivity index (χ4v) is 3.64. The maximum absolute atomic E-state index is 3.72. The number of rotatable bonds is 0. The van der Waals surface area contributed by atoms with E-state index in [2.05, 4.69) is 43.4 Å². The van der Waals surface area contributed by atoms with Gasteiger partial charge < -0.3 is 5.32 Å². The summed E-state index contributed by atoms with van der Waals surface area (Å²) < 4.78 is 0. The largest absolute Gasteiger partial charge is 0.313 e. The molecule has 2 unspecified atom stereocenters. The lowest BCUT2D eigenvalue weighted by molar-refractivity contribution is 0.259. The van der Waals surface area contributed by atoms with E-state index in [1.54, 1.807) is 11.1 Å². The van der Waals surface area contributed by atoms with Gasteiger partial charge in [0.15, 0.2) is 0 Å². The van der Waals surface area contributed by atoms with E-state index in [-0.39, 0.29) is 0 Å². The molecule has 1 aliphatic heterocycles. The van der Waals surface area contributed by atoms with Crippen LogP contribution in [-0.4, -0.2) is 12.6 Å². The van der Waals surface area contributed by atoms with Gasteiger partial charge in [-0.05, 0) is 48.3 Å². The second-order valence-electron chi connectivity index (χ2n) is 5.98. The summed E-state index contributed by atoms with van der Waals surface area (Å²) in [5.74, 6) is 0.762. The molecule has 1 aromatic rings. The van der Waals surface area contributed by atoms with Gasteiger partial charge in [0.1, 0.15) is 0 Å². The first kappa shape index (κ1) is 10.3. The van der Waals surface area contributed by atoms with Gasteiger partial charge in [-0.2, -0.15) is 0 Å². The van der Waals surface area contributed by atoms with Crippen LogP contribution >= 0.6 is 0 Å². The Hall–Kier alpha value is -0.820. The Kier molecular flexibility index (Phi) is 2.32. The molecule has 2 atom stereocenters. The van der Waals surface area contributed by atoms with Crippen LogP contribution < -0.4 is 5.32 Å². The van der Waals surface area contributed by atoms with Gasteiger partial charge in [-0.1, -0.05) is 38.1 Å². The minimum Gasteiger partial charge on any atom is -0.313 e. The van der Waals surface area contributed by atoms with Crippen molar-refractivity contribution >= 4 is 0 Å². The van der Waals surface area contributed by atoms with E-state index in [4.69, 9.17) is 0 Å². The first-order valence-electron chi connectivity index (χ1n) is 6.51. The second kappa shape index (κ2) is 3.59. The van der Waals surface area contributed by atoms with Crippen molar-refractivity contribution in [1.82, 2.24) is 5.32 Å². The normalized spacial score (nSPS) is 31.6. The lowest BCUT2D eigenvalue weighted by atomic mass is 9.64. The lowest BCUT2D eigenvalue weighted by Gasteiger charge is -2.45. The summed E-state index contributed by atoms with van der Waals surface area (Å²) in [6, 6.07) is 9.78. The van der Waals surface area contributed by atoms with Crippen LogP contribution in [0.15, 0.2) is 24.3 Å². The number of piperidine rings is 1. The average molecular weight is 215 g/mol. The summed E-state index contributed by atoms with van der Waals surface area (Å²) in [4.78, 5) is 0. The first-order chi connectivity index (χ1) is 7.68. The van der Waals surface area contributed by atoms with Crippen LogP contribution in [0.1, 0.15) is 50.2 Å². The van der Waals surface area contributed by atoms with Gasteiger partial charge in [0.05, 0.1) is 0 Å². The molecule has 1 nitrogen and oxygen atoms in total. The summed E-state index contributed by atoms with van der Waals surface area (Å²) in [5, 5.41) is 3.72. The zero-order valence-corrected chi connectivity index (χ0v) is 10.3. The molecule has 0 bridgehead atoms. The SMILES string of the molecule is CC1(C)CC2NCCCC2c2ccccc21. The van der Waals surface area contributed by atoms with Crippen LogP contribution in [0.2, 0.25) is 0 Å². The molecule has 1 aliphatic carbocycles. The molecular weight excluding hydrogens is 194 g/mol. The van der Waals surface area contributed by atoms with Crippen LogP contribution in [0.25, 0.3) is 0 Å². The minimum atomic E-state index is 0.335. The molecule has 86 valence electrons. The zero-order valence-electron chi connectivity index (χ0n) is 10.3. The summed E-state index contributed by atoms with van der Waals surface area (Å²) >= 11 is 0. The molecule has 0 radical (unpaired) electrons. The predicted octanol–water partition coefficient (Wildman–Crippen LogP) is 3.20. The molecule has 16 heavy (non-hydrogen) atoms. The van der Waals surface area contributed by atoms with Crippen molar-refractivity contribution < 1.29 is 0 Å². The van der Waals surface area contributed by atoms with E-state index >= 15 is 0 Å². The predicted molar refractivity (Wildman–Crippen MR) is 67.9 cm³/mol. The highest BCUT2D eigenvalue weighted by molar-refractivity contribution is 5.40. The average Bonchev–Trinajstić information content (AvgIpc) is 2.29. The van der Waals surface area contributed by atoms with Crippen LogP contribution in [0.4, 0.5) is 0 Å². The third-order valence-electron chi connectivity index (χ3n) is 4.40. The van der Waals surface area contributed by atoms with Crippen molar-refractivity contribution in [3.05, 3.63) is 35.4 Å². The summed E-state index contributed by atoms with van der Waals surface area (Å²) in [6.07, 6.45) is 3.98. The van der Waals surface area contributed by atoms with Gasteiger partial charge in [-0.3, -0.25) is 0 Å². The quantitative estimate of drug-likeness (QED) is 0.701. The van der Waals surface area contributed by atoms with Gasteiger partial charge >= 0.3 is 0 Å². The Balaban J connectivity index is 2.09. The first-order valence-corrected chi connectivity index (χ1v) is 6.51. The number of nitrogens with one attached hydrogen (secondary N) is 1. The van der Waals surface area contributed by atoms with E-state index in [1.807, 2.05) is 0 Å². The molecule has 1 N–H and O–H groups in total. The summed E-state index contributed by atoms with van der Waals surface area (Å²) in [6.45, 7) is 5.98. The standard InChI is InChI=1S/C15H21N/c1-15(2)10-14-12(7-5-9-16-14)11-6-3-4-8-13(11)15/h3-4,6,8,12,14,16H,5,7,9-10H2,1-2H3. The summed E-state index contributed by atoms with van der Waals surface area (Å²) in [7, 11) is 0. The van der Waals surface area contributed by atoms with Gasteiger partial charge in [0, 0.05) is 6.04 Å². The fraction of sp³-hybridized carbons (Fsp3) is 0.600. The van der Waals surface area contributed by atoms with Crippen molar-refractivity contribution in [1.29, 1.82) is 0 Å². The third-order valence-corrected chi connectivity index (χ3v) is 4.40. The molecule has 1 heterocycles.